The molecule has 1 atom stereocenters. The maximum atomic E-state index is 12.2. The Bertz CT molecular complexity index is 502. The summed E-state index contributed by atoms with van der Waals surface area (Å²) >= 11 is 0. The van der Waals surface area contributed by atoms with Crippen LogP contribution in [0.15, 0.2) is 0 Å². The molecule has 2 saturated heterocycles. The smallest absolute Gasteiger partial charge is 0.332 e. The summed E-state index contributed by atoms with van der Waals surface area (Å²) in [6.07, 6.45) is 0.270. The van der Waals surface area contributed by atoms with Crippen molar-refractivity contribution in [3.63, 3.8) is 0 Å². The van der Waals surface area contributed by atoms with Crippen molar-refractivity contribution < 1.29 is 27.9 Å². The Kier molecular flexibility index (Phi) is 5.01. The molecule has 0 saturated carbocycles. The maximum Gasteiger partial charge on any atom is 0.332 e. The van der Waals surface area contributed by atoms with E-state index < -0.39 is 34.4 Å². The number of urea groups is 1. The number of hydrazine groups is 1. The predicted molar refractivity (Wildman–Crippen MR) is 72.3 cm³/mol. The van der Waals surface area contributed by atoms with Crippen LogP contribution in [0.3, 0.4) is 0 Å². The molecule has 0 aliphatic carbocycles. The van der Waals surface area contributed by atoms with Crippen LogP contribution in [-0.4, -0.2) is 85.8 Å². The standard InChI is InChI=1S/C11H19N3O6S/c15-10(16)7-14(9-1-6-21(18,19)8-9)11(17)12-13-2-4-20-5-3-13/h9H,1-8H2,(H,12,17)(H,15,16). The van der Waals surface area contributed by atoms with Crippen molar-refractivity contribution in [2.24, 2.45) is 0 Å². The lowest BCUT2D eigenvalue weighted by atomic mass is 10.2. The molecule has 2 heterocycles. The second-order valence-corrected chi connectivity index (χ2v) is 7.32. The van der Waals surface area contributed by atoms with Gasteiger partial charge in [0.05, 0.1) is 24.7 Å². The zero-order valence-electron chi connectivity index (χ0n) is 11.5. The first-order valence-electron chi connectivity index (χ1n) is 6.69. The van der Waals surface area contributed by atoms with Gasteiger partial charge in [0.15, 0.2) is 9.84 Å². The topological polar surface area (TPSA) is 116 Å². The van der Waals surface area contributed by atoms with E-state index in [1.165, 1.54) is 0 Å². The molecule has 0 bridgehead atoms. The van der Waals surface area contributed by atoms with E-state index in [0.29, 0.717) is 26.3 Å². The number of amides is 2. The van der Waals surface area contributed by atoms with Crippen LogP contribution >= 0.6 is 0 Å². The van der Waals surface area contributed by atoms with Crippen molar-refractivity contribution in [3.05, 3.63) is 0 Å². The Morgan fingerprint density at radius 3 is 2.52 bits per heavy atom. The number of carboxylic acids is 1. The van der Waals surface area contributed by atoms with Gasteiger partial charge in [0, 0.05) is 19.1 Å². The van der Waals surface area contributed by atoms with Gasteiger partial charge in [-0.2, -0.15) is 0 Å². The van der Waals surface area contributed by atoms with Crippen LogP contribution in [-0.2, 0) is 19.4 Å². The van der Waals surface area contributed by atoms with Crippen molar-refractivity contribution >= 4 is 21.8 Å². The minimum atomic E-state index is -3.19. The van der Waals surface area contributed by atoms with Gasteiger partial charge >= 0.3 is 12.0 Å². The molecular formula is C11H19N3O6S. The third kappa shape index (κ3) is 4.55. The largest absolute Gasteiger partial charge is 0.480 e. The third-order valence-electron chi connectivity index (χ3n) is 3.48. The quantitative estimate of drug-likeness (QED) is 0.648. The lowest BCUT2D eigenvalue weighted by Crippen LogP contribution is -2.56. The first-order valence-corrected chi connectivity index (χ1v) is 8.52. The zero-order valence-corrected chi connectivity index (χ0v) is 12.3. The number of carbonyl (C=O) groups is 2. The number of aliphatic carboxylic acids is 1. The number of sulfone groups is 1. The number of rotatable bonds is 4. The van der Waals surface area contributed by atoms with Crippen molar-refractivity contribution in [3.8, 4) is 0 Å². The van der Waals surface area contributed by atoms with Gasteiger partial charge in [0.25, 0.3) is 0 Å². The molecule has 1 unspecified atom stereocenters. The average Bonchev–Trinajstić information content (AvgIpc) is 2.77. The van der Waals surface area contributed by atoms with E-state index in [2.05, 4.69) is 5.43 Å². The number of carbonyl (C=O) groups excluding carboxylic acids is 1. The first kappa shape index (κ1) is 16.0. The van der Waals surface area contributed by atoms with E-state index in [1.807, 2.05) is 0 Å². The fourth-order valence-corrected chi connectivity index (χ4v) is 4.14. The summed E-state index contributed by atoms with van der Waals surface area (Å²) in [4.78, 5) is 24.2. The Hall–Kier alpha value is -1.39. The zero-order chi connectivity index (χ0) is 15.5. The Labute approximate surface area is 122 Å². The van der Waals surface area contributed by atoms with Gasteiger partial charge in [-0.3, -0.25) is 10.2 Å². The van der Waals surface area contributed by atoms with Gasteiger partial charge in [-0.15, -0.1) is 0 Å². The van der Waals surface area contributed by atoms with Gasteiger partial charge in [-0.25, -0.2) is 18.2 Å². The van der Waals surface area contributed by atoms with E-state index in [-0.39, 0.29) is 17.9 Å². The minimum absolute atomic E-state index is 0.0153. The Balaban J connectivity index is 2.01. The second-order valence-electron chi connectivity index (χ2n) is 5.09. The summed E-state index contributed by atoms with van der Waals surface area (Å²) in [6.45, 7) is 1.47. The summed E-state index contributed by atoms with van der Waals surface area (Å²) in [5.41, 5.74) is 2.61. The molecule has 2 fully saturated rings. The summed E-state index contributed by atoms with van der Waals surface area (Å²) in [5, 5.41) is 10.6. The summed E-state index contributed by atoms with van der Waals surface area (Å²) in [6, 6.07) is -1.17. The van der Waals surface area contributed by atoms with Crippen LogP contribution < -0.4 is 5.43 Å². The van der Waals surface area contributed by atoms with Crippen molar-refractivity contribution in [2.75, 3.05) is 44.4 Å². The molecular weight excluding hydrogens is 302 g/mol. The van der Waals surface area contributed by atoms with Gasteiger partial charge in [-0.05, 0) is 6.42 Å². The number of morpholine rings is 1. The summed E-state index contributed by atoms with van der Waals surface area (Å²) < 4.78 is 28.2. The molecule has 0 spiro atoms. The first-order chi connectivity index (χ1) is 9.87. The molecule has 9 nitrogen and oxygen atoms in total. The molecule has 2 aliphatic heterocycles. The highest BCUT2D eigenvalue weighted by molar-refractivity contribution is 7.91. The highest BCUT2D eigenvalue weighted by Crippen LogP contribution is 2.18. The van der Waals surface area contributed by atoms with E-state index in [0.717, 1.165) is 4.90 Å². The van der Waals surface area contributed by atoms with Gasteiger partial charge < -0.3 is 14.7 Å². The molecule has 2 aliphatic rings. The van der Waals surface area contributed by atoms with Crippen molar-refractivity contribution in [2.45, 2.75) is 12.5 Å². The number of nitrogens with one attached hydrogen (secondary N) is 1. The second kappa shape index (κ2) is 6.58. The van der Waals surface area contributed by atoms with Crippen molar-refractivity contribution in [1.29, 1.82) is 0 Å². The van der Waals surface area contributed by atoms with Gasteiger partial charge in [0.2, 0.25) is 0 Å². The number of hydrogen-bond acceptors (Lipinski definition) is 6. The summed E-state index contributed by atoms with van der Waals surface area (Å²) in [7, 11) is -3.19. The number of carboxylic acid groups (broad SMARTS) is 1. The van der Waals surface area contributed by atoms with Crippen LogP contribution in [0.25, 0.3) is 0 Å². The summed E-state index contributed by atoms with van der Waals surface area (Å²) in [5.74, 6) is -1.37. The molecule has 10 heteroatoms. The number of ether oxygens (including phenoxy) is 1. The molecule has 0 radical (unpaired) electrons. The third-order valence-corrected chi connectivity index (χ3v) is 5.23. The highest BCUT2D eigenvalue weighted by atomic mass is 32.2. The van der Waals surface area contributed by atoms with E-state index >= 15 is 0 Å². The molecule has 2 rings (SSSR count). The molecule has 2 N–H and O–H groups in total. The fraction of sp³-hybridized carbons (Fsp3) is 0.818. The van der Waals surface area contributed by atoms with E-state index in [4.69, 9.17) is 9.84 Å². The number of nitrogens with zero attached hydrogens (tertiary/aromatic N) is 2. The Morgan fingerprint density at radius 1 is 1.33 bits per heavy atom. The minimum Gasteiger partial charge on any atom is -0.480 e. The van der Waals surface area contributed by atoms with Crippen LogP contribution in [0.5, 0.6) is 0 Å². The van der Waals surface area contributed by atoms with Crippen molar-refractivity contribution in [1.82, 2.24) is 15.3 Å². The van der Waals surface area contributed by atoms with Gasteiger partial charge in [-0.1, -0.05) is 0 Å². The SMILES string of the molecule is O=C(O)CN(C(=O)NN1CCOCC1)C1CCS(=O)(=O)C1. The average molecular weight is 321 g/mol. The van der Waals surface area contributed by atoms with E-state index in [9.17, 15) is 18.0 Å². The predicted octanol–water partition coefficient (Wildman–Crippen LogP) is -1.48. The molecule has 120 valence electrons. The lowest BCUT2D eigenvalue weighted by Gasteiger charge is -2.32. The fourth-order valence-electron chi connectivity index (χ4n) is 2.41. The molecule has 2 amide bonds. The molecule has 0 aromatic carbocycles. The van der Waals surface area contributed by atoms with Crippen LogP contribution in [0.1, 0.15) is 6.42 Å². The van der Waals surface area contributed by atoms with Crippen LogP contribution in [0, 0.1) is 0 Å². The van der Waals surface area contributed by atoms with Gasteiger partial charge in [0.1, 0.15) is 6.54 Å². The normalized spacial score (nSPS) is 25.4. The molecule has 21 heavy (non-hydrogen) atoms. The lowest BCUT2D eigenvalue weighted by molar-refractivity contribution is -0.138. The van der Waals surface area contributed by atoms with Crippen LogP contribution in [0.4, 0.5) is 4.79 Å². The maximum absolute atomic E-state index is 12.2. The Morgan fingerprint density at radius 2 is 2.00 bits per heavy atom. The monoisotopic (exact) mass is 321 g/mol. The molecule has 0 aromatic heterocycles. The number of hydrogen-bond donors (Lipinski definition) is 2. The molecule has 0 aromatic rings. The van der Waals surface area contributed by atoms with Crippen LogP contribution in [0.2, 0.25) is 0 Å². The highest BCUT2D eigenvalue weighted by Gasteiger charge is 2.36. The van der Waals surface area contributed by atoms with E-state index in [1.54, 1.807) is 5.01 Å².